The zero-order chi connectivity index (χ0) is 20.5. The number of rotatable bonds is 0. The summed E-state index contributed by atoms with van der Waals surface area (Å²) in [7, 11) is 0. The van der Waals surface area contributed by atoms with Crippen LogP contribution in [0.3, 0.4) is 0 Å². The predicted molar refractivity (Wildman–Crippen MR) is 136 cm³/mol. The molecule has 0 heteroatoms. The van der Waals surface area contributed by atoms with Gasteiger partial charge < -0.3 is 0 Å². The highest BCUT2D eigenvalue weighted by atomic mass is 14.2. The molecule has 0 spiro atoms. The first-order valence-electron chi connectivity index (χ1n) is 11.1. The fourth-order valence-electron chi connectivity index (χ4n) is 6.13. The Kier molecular flexibility index (Phi) is 2.59. The van der Waals surface area contributed by atoms with E-state index in [1.165, 1.54) is 75.4 Å². The van der Waals surface area contributed by atoms with Crippen LogP contribution in [0.25, 0.3) is 76.8 Å². The minimum Gasteiger partial charge on any atom is -0.0744 e. The van der Waals surface area contributed by atoms with Crippen molar-refractivity contribution in [2.24, 2.45) is 5.41 Å². The molecule has 0 heterocycles. The van der Waals surface area contributed by atoms with Gasteiger partial charge in [-0.05, 0) is 99.7 Å². The summed E-state index contributed by atoms with van der Waals surface area (Å²) >= 11 is 0. The van der Waals surface area contributed by atoms with Crippen LogP contribution in [0.5, 0.6) is 0 Å². The zero-order valence-corrected chi connectivity index (χ0v) is 17.6. The number of hydrogen-bond donors (Lipinski definition) is 0. The van der Waals surface area contributed by atoms with Crippen molar-refractivity contribution >= 4 is 76.8 Å². The van der Waals surface area contributed by atoms with Crippen LogP contribution in [0, 0.1) is 5.41 Å². The van der Waals surface area contributed by atoms with Crippen LogP contribution in [-0.4, -0.2) is 0 Å². The zero-order valence-electron chi connectivity index (χ0n) is 17.6. The largest absolute Gasteiger partial charge is 0.0744 e. The van der Waals surface area contributed by atoms with Gasteiger partial charge in [0.2, 0.25) is 0 Å². The average Bonchev–Trinajstić information content (AvgIpc) is 3.27. The van der Waals surface area contributed by atoms with Crippen molar-refractivity contribution in [3.05, 3.63) is 83.6 Å². The molecule has 0 fully saturated rings. The molecule has 0 saturated heterocycles. The molecule has 31 heavy (non-hydrogen) atoms. The summed E-state index contributed by atoms with van der Waals surface area (Å²) in [4.78, 5) is 0. The molecule has 0 aliphatic heterocycles. The van der Waals surface area contributed by atoms with Crippen LogP contribution < -0.4 is 5.22 Å². The molecule has 0 saturated carbocycles. The fraction of sp³-hybridized carbons (Fsp3) is 0.0968. The summed E-state index contributed by atoms with van der Waals surface area (Å²) in [5.41, 5.74) is 1.45. The van der Waals surface area contributed by atoms with E-state index in [4.69, 9.17) is 0 Å². The van der Waals surface area contributed by atoms with Crippen LogP contribution in [0.2, 0.25) is 0 Å². The van der Waals surface area contributed by atoms with Crippen LogP contribution in [0.1, 0.15) is 19.4 Å². The number of allylic oxidation sites excluding steroid dienone is 1. The Morgan fingerprint density at radius 3 is 2.19 bits per heavy atom. The monoisotopic (exact) mass is 392 g/mol. The van der Waals surface area contributed by atoms with E-state index in [1.54, 1.807) is 0 Å². The average molecular weight is 393 g/mol. The summed E-state index contributed by atoms with van der Waals surface area (Å²) in [6, 6.07) is 25.6. The van der Waals surface area contributed by atoms with Gasteiger partial charge in [-0.15, -0.1) is 0 Å². The van der Waals surface area contributed by atoms with E-state index in [0.717, 1.165) is 0 Å². The first-order chi connectivity index (χ1) is 15.1. The number of fused-ring (bicyclic) bond motifs is 6. The van der Waals surface area contributed by atoms with E-state index in [1.807, 2.05) is 0 Å². The molecule has 0 unspecified atom stereocenters. The minimum absolute atomic E-state index is 0.0983. The molecule has 1 aliphatic carbocycles. The fourth-order valence-corrected chi connectivity index (χ4v) is 6.13. The van der Waals surface area contributed by atoms with Gasteiger partial charge in [0, 0.05) is 5.41 Å². The van der Waals surface area contributed by atoms with E-state index in [9.17, 15) is 0 Å². The smallest absolute Gasteiger partial charge is 0.00172 e. The summed E-state index contributed by atoms with van der Waals surface area (Å²) in [5.74, 6) is 0. The molecule has 0 nitrogen and oxygen atoms in total. The van der Waals surface area contributed by atoms with Gasteiger partial charge in [-0.2, -0.15) is 0 Å². The van der Waals surface area contributed by atoms with Crippen molar-refractivity contribution in [1.82, 2.24) is 0 Å². The molecule has 0 atom stereocenters. The van der Waals surface area contributed by atoms with Crippen molar-refractivity contribution in [3.8, 4) is 0 Å². The Labute approximate surface area is 179 Å². The standard InChI is InChI=1S/C31H20/c1-31(2)11-10-19-12-21-14-24-22-9-8-18-7-6-17-4-3-5-20-13-26(30(22)29(18)28(17)20)25(24)15-23(21)27(19)16-31/h3-16H,1-2H3. The highest BCUT2D eigenvalue weighted by molar-refractivity contribution is 6.40. The van der Waals surface area contributed by atoms with Gasteiger partial charge in [0.1, 0.15) is 0 Å². The SMILES string of the molecule is CC1(C)C=Cc2cc3cc4c(cc3c2=C1)c1cc2cccc3ccc5ccc4c1c5c32. The molecule has 7 aromatic carbocycles. The van der Waals surface area contributed by atoms with Gasteiger partial charge in [0.25, 0.3) is 0 Å². The molecule has 7 aromatic rings. The topological polar surface area (TPSA) is 0 Å². The van der Waals surface area contributed by atoms with Gasteiger partial charge in [0.05, 0.1) is 0 Å². The van der Waals surface area contributed by atoms with Crippen molar-refractivity contribution in [2.75, 3.05) is 0 Å². The van der Waals surface area contributed by atoms with E-state index >= 15 is 0 Å². The van der Waals surface area contributed by atoms with Gasteiger partial charge in [-0.25, -0.2) is 0 Å². The molecule has 0 aromatic heterocycles. The molecular weight excluding hydrogens is 372 g/mol. The quantitative estimate of drug-likeness (QED) is 0.229. The van der Waals surface area contributed by atoms with Crippen LogP contribution in [-0.2, 0) is 0 Å². The summed E-state index contributed by atoms with van der Waals surface area (Å²) in [6.07, 6.45) is 7.05. The Morgan fingerprint density at radius 1 is 0.548 bits per heavy atom. The molecule has 0 N–H and O–H groups in total. The normalized spacial score (nSPS) is 15.8. The maximum Gasteiger partial charge on any atom is 0.00172 e. The lowest BCUT2D eigenvalue weighted by molar-refractivity contribution is 0.670. The first kappa shape index (κ1) is 16.1. The summed E-state index contributed by atoms with van der Waals surface area (Å²) in [5, 5.41) is 18.0. The van der Waals surface area contributed by atoms with Crippen LogP contribution in [0.4, 0.5) is 0 Å². The second-order valence-electron chi connectivity index (χ2n) is 9.95. The second-order valence-corrected chi connectivity index (χ2v) is 9.95. The second kappa shape index (κ2) is 4.98. The van der Waals surface area contributed by atoms with E-state index in [2.05, 4.69) is 98.8 Å². The Bertz CT molecular complexity index is 1950. The Balaban J connectivity index is 1.65. The molecule has 0 radical (unpaired) electrons. The van der Waals surface area contributed by atoms with Gasteiger partial charge in [-0.1, -0.05) is 74.5 Å². The van der Waals surface area contributed by atoms with Crippen LogP contribution >= 0.6 is 0 Å². The van der Waals surface area contributed by atoms with E-state index < -0.39 is 0 Å². The first-order valence-corrected chi connectivity index (χ1v) is 11.1. The van der Waals surface area contributed by atoms with Crippen molar-refractivity contribution in [3.63, 3.8) is 0 Å². The highest BCUT2D eigenvalue weighted by Gasteiger charge is 2.20. The molecule has 8 rings (SSSR count). The summed E-state index contributed by atoms with van der Waals surface area (Å²) in [6.45, 7) is 4.57. The third kappa shape index (κ3) is 1.87. The third-order valence-electron chi connectivity index (χ3n) is 7.52. The minimum atomic E-state index is 0.0983. The maximum atomic E-state index is 2.46. The van der Waals surface area contributed by atoms with Gasteiger partial charge in [0.15, 0.2) is 0 Å². The van der Waals surface area contributed by atoms with Gasteiger partial charge >= 0.3 is 0 Å². The lowest BCUT2D eigenvalue weighted by Gasteiger charge is -2.17. The van der Waals surface area contributed by atoms with Crippen molar-refractivity contribution in [2.45, 2.75) is 13.8 Å². The van der Waals surface area contributed by atoms with Gasteiger partial charge in [-0.3, -0.25) is 0 Å². The van der Waals surface area contributed by atoms with E-state index in [-0.39, 0.29) is 5.41 Å². The van der Waals surface area contributed by atoms with E-state index in [0.29, 0.717) is 0 Å². The Hall–Kier alpha value is -3.64. The Morgan fingerprint density at radius 2 is 1.29 bits per heavy atom. The molecule has 0 amide bonds. The lowest BCUT2D eigenvalue weighted by Crippen LogP contribution is -2.15. The lowest BCUT2D eigenvalue weighted by atomic mass is 9.87. The molecule has 0 bridgehead atoms. The highest BCUT2D eigenvalue weighted by Crippen LogP contribution is 2.46. The van der Waals surface area contributed by atoms with Crippen LogP contribution in [0.15, 0.2) is 72.8 Å². The molecule has 144 valence electrons. The maximum absolute atomic E-state index is 2.46. The number of hydrogen-bond acceptors (Lipinski definition) is 0. The molecule has 1 aliphatic rings. The van der Waals surface area contributed by atoms with Crippen molar-refractivity contribution < 1.29 is 0 Å². The molecular formula is C31H20. The predicted octanol–water partition coefficient (Wildman–Crippen LogP) is 8.03. The number of benzene rings is 5. The third-order valence-corrected chi connectivity index (χ3v) is 7.52. The summed E-state index contributed by atoms with van der Waals surface area (Å²) < 4.78 is 0. The van der Waals surface area contributed by atoms with Crippen molar-refractivity contribution in [1.29, 1.82) is 0 Å².